The van der Waals surface area contributed by atoms with Crippen LogP contribution in [0.3, 0.4) is 0 Å². The van der Waals surface area contributed by atoms with E-state index in [0.29, 0.717) is 23.3 Å². The Hall–Kier alpha value is -2.18. The fourth-order valence-electron chi connectivity index (χ4n) is 2.89. The third-order valence-electron chi connectivity index (χ3n) is 4.78. The second kappa shape index (κ2) is 8.75. The number of sulfonamides is 2. The van der Waals surface area contributed by atoms with Crippen molar-refractivity contribution in [3.63, 3.8) is 0 Å². The molecule has 0 unspecified atom stereocenters. The number of anilines is 1. The predicted molar refractivity (Wildman–Crippen MR) is 108 cm³/mol. The summed E-state index contributed by atoms with van der Waals surface area (Å²) in [6, 6.07) is 3.81. The number of aryl methyl sites for hydroxylation is 1. The SMILES string of the molecule is CCN(CC)S(=O)(=O)c1cc(C)c(C)c(NS(=O)(=O)c2ccc(F)c(C(F)(F)F)c2)c1. The van der Waals surface area contributed by atoms with Crippen LogP contribution in [0.4, 0.5) is 23.2 Å². The molecule has 0 aliphatic rings. The maximum Gasteiger partial charge on any atom is 0.419 e. The molecule has 0 radical (unpaired) electrons. The summed E-state index contributed by atoms with van der Waals surface area (Å²) >= 11 is 0. The predicted octanol–water partition coefficient (Wildman–Crippen LogP) is 4.29. The minimum atomic E-state index is -5.08. The van der Waals surface area contributed by atoms with Crippen LogP contribution in [0.15, 0.2) is 40.1 Å². The summed E-state index contributed by atoms with van der Waals surface area (Å²) in [5, 5.41) is 0. The number of benzene rings is 2. The molecule has 2 aromatic rings. The highest BCUT2D eigenvalue weighted by Crippen LogP contribution is 2.34. The van der Waals surface area contributed by atoms with Crippen LogP contribution in [-0.4, -0.2) is 34.2 Å². The lowest BCUT2D eigenvalue weighted by Crippen LogP contribution is -2.30. The molecule has 0 aromatic heterocycles. The van der Waals surface area contributed by atoms with Crippen LogP contribution >= 0.6 is 0 Å². The fraction of sp³-hybridized carbons (Fsp3) is 0.368. The Morgan fingerprint density at radius 3 is 2.03 bits per heavy atom. The van der Waals surface area contributed by atoms with Gasteiger partial charge in [-0.25, -0.2) is 21.2 Å². The van der Waals surface area contributed by atoms with Crippen molar-refractivity contribution in [1.29, 1.82) is 0 Å². The van der Waals surface area contributed by atoms with Gasteiger partial charge in [0.1, 0.15) is 5.82 Å². The second-order valence-electron chi connectivity index (χ2n) is 6.75. The first-order valence-electron chi connectivity index (χ1n) is 9.16. The Morgan fingerprint density at radius 1 is 0.935 bits per heavy atom. The van der Waals surface area contributed by atoms with Crippen molar-refractivity contribution in [1.82, 2.24) is 4.31 Å². The first-order valence-corrected chi connectivity index (χ1v) is 12.1. The molecule has 172 valence electrons. The van der Waals surface area contributed by atoms with Gasteiger partial charge in [-0.2, -0.15) is 17.5 Å². The molecule has 12 heteroatoms. The normalized spacial score (nSPS) is 12.9. The molecule has 0 atom stereocenters. The van der Waals surface area contributed by atoms with Gasteiger partial charge in [0.05, 0.1) is 21.0 Å². The lowest BCUT2D eigenvalue weighted by atomic mass is 10.1. The smallest absolute Gasteiger partial charge is 0.279 e. The summed E-state index contributed by atoms with van der Waals surface area (Å²) in [6.45, 7) is 6.81. The van der Waals surface area contributed by atoms with Gasteiger partial charge in [0.15, 0.2) is 0 Å². The van der Waals surface area contributed by atoms with Gasteiger partial charge in [-0.3, -0.25) is 4.72 Å². The molecule has 0 bridgehead atoms. The number of hydrogen-bond donors (Lipinski definition) is 1. The van der Waals surface area contributed by atoms with Crippen molar-refractivity contribution in [3.05, 3.63) is 52.8 Å². The number of halogens is 4. The summed E-state index contributed by atoms with van der Waals surface area (Å²) in [7, 11) is -8.49. The zero-order valence-corrected chi connectivity index (χ0v) is 18.8. The molecule has 0 amide bonds. The van der Waals surface area contributed by atoms with E-state index in [1.807, 2.05) is 0 Å². The van der Waals surface area contributed by atoms with E-state index in [4.69, 9.17) is 0 Å². The lowest BCUT2D eigenvalue weighted by Gasteiger charge is -2.21. The van der Waals surface area contributed by atoms with Crippen LogP contribution in [0.2, 0.25) is 0 Å². The first-order chi connectivity index (χ1) is 14.1. The molecule has 0 spiro atoms. The van der Waals surface area contributed by atoms with Crippen LogP contribution in [0.1, 0.15) is 30.5 Å². The Labute approximate surface area is 179 Å². The van der Waals surface area contributed by atoms with Crippen molar-refractivity contribution >= 4 is 25.7 Å². The van der Waals surface area contributed by atoms with E-state index in [2.05, 4.69) is 4.72 Å². The number of hydrogen-bond acceptors (Lipinski definition) is 4. The van der Waals surface area contributed by atoms with Gasteiger partial charge in [-0.05, 0) is 55.3 Å². The maximum absolute atomic E-state index is 13.5. The number of nitrogens with one attached hydrogen (secondary N) is 1. The third kappa shape index (κ3) is 5.18. The van der Waals surface area contributed by atoms with Gasteiger partial charge in [-0.1, -0.05) is 13.8 Å². The van der Waals surface area contributed by atoms with Crippen LogP contribution in [0, 0.1) is 19.7 Å². The lowest BCUT2D eigenvalue weighted by molar-refractivity contribution is -0.140. The molecule has 2 aromatic carbocycles. The second-order valence-corrected chi connectivity index (χ2v) is 10.4. The van der Waals surface area contributed by atoms with Crippen molar-refractivity contribution in [2.75, 3.05) is 17.8 Å². The van der Waals surface area contributed by atoms with Crippen molar-refractivity contribution in [2.45, 2.75) is 43.7 Å². The quantitative estimate of drug-likeness (QED) is 0.597. The van der Waals surface area contributed by atoms with Gasteiger partial charge in [0.2, 0.25) is 10.0 Å². The minimum Gasteiger partial charge on any atom is -0.279 e. The van der Waals surface area contributed by atoms with E-state index in [1.54, 1.807) is 20.8 Å². The summed E-state index contributed by atoms with van der Waals surface area (Å²) in [4.78, 5) is -0.970. The van der Waals surface area contributed by atoms with Crippen LogP contribution in [0.25, 0.3) is 0 Å². The molecular weight excluding hydrogens is 460 g/mol. The number of nitrogens with zero attached hydrogens (tertiary/aromatic N) is 1. The molecule has 2 rings (SSSR count). The Bertz CT molecular complexity index is 1190. The molecule has 0 aliphatic carbocycles. The summed E-state index contributed by atoms with van der Waals surface area (Å²) in [6.07, 6.45) is -5.08. The monoisotopic (exact) mass is 482 g/mol. The van der Waals surface area contributed by atoms with Gasteiger partial charge >= 0.3 is 6.18 Å². The van der Waals surface area contributed by atoms with Gasteiger partial charge in [0, 0.05) is 13.1 Å². The van der Waals surface area contributed by atoms with Gasteiger partial charge < -0.3 is 0 Å². The Balaban J connectivity index is 2.57. The highest BCUT2D eigenvalue weighted by atomic mass is 32.2. The topological polar surface area (TPSA) is 83.6 Å². The molecule has 1 N–H and O–H groups in total. The molecule has 0 fully saturated rings. The molecule has 0 aliphatic heterocycles. The van der Waals surface area contributed by atoms with Gasteiger partial charge in [0.25, 0.3) is 10.0 Å². The Morgan fingerprint density at radius 2 is 1.52 bits per heavy atom. The third-order valence-corrected chi connectivity index (χ3v) is 8.17. The van der Waals surface area contributed by atoms with E-state index in [9.17, 15) is 34.4 Å². The number of rotatable bonds is 7. The fourth-order valence-corrected chi connectivity index (χ4v) is 5.60. The number of alkyl halides is 3. The van der Waals surface area contributed by atoms with Crippen molar-refractivity contribution in [2.24, 2.45) is 0 Å². The highest BCUT2D eigenvalue weighted by molar-refractivity contribution is 7.92. The average Bonchev–Trinajstić information content (AvgIpc) is 2.65. The highest BCUT2D eigenvalue weighted by Gasteiger charge is 2.35. The molecule has 31 heavy (non-hydrogen) atoms. The molecule has 0 saturated heterocycles. The average molecular weight is 483 g/mol. The summed E-state index contributed by atoms with van der Waals surface area (Å²) in [5.41, 5.74) is -0.981. The zero-order chi connectivity index (χ0) is 23.8. The van der Waals surface area contributed by atoms with Crippen LogP contribution in [0.5, 0.6) is 0 Å². The largest absolute Gasteiger partial charge is 0.419 e. The van der Waals surface area contributed by atoms with E-state index in [-0.39, 0.29) is 29.7 Å². The maximum atomic E-state index is 13.5. The Kier molecular flexibility index (Phi) is 7.08. The van der Waals surface area contributed by atoms with Crippen LogP contribution < -0.4 is 4.72 Å². The summed E-state index contributed by atoms with van der Waals surface area (Å²) < 4.78 is 107. The van der Waals surface area contributed by atoms with Crippen molar-refractivity contribution in [3.8, 4) is 0 Å². The molecule has 0 saturated carbocycles. The van der Waals surface area contributed by atoms with Gasteiger partial charge in [-0.15, -0.1) is 0 Å². The van der Waals surface area contributed by atoms with E-state index >= 15 is 0 Å². The van der Waals surface area contributed by atoms with E-state index in [0.717, 1.165) is 6.07 Å². The zero-order valence-electron chi connectivity index (χ0n) is 17.2. The standard InChI is InChI=1S/C19H22F4N2O4S2/c1-5-25(6-2)31(28,29)15-9-12(3)13(4)18(11-15)24-30(26,27)14-7-8-17(20)16(10-14)19(21,22)23/h7-11,24H,5-6H2,1-4H3. The van der Waals surface area contributed by atoms with Crippen molar-refractivity contribution < 1.29 is 34.4 Å². The van der Waals surface area contributed by atoms with E-state index < -0.39 is 42.5 Å². The molecule has 6 nitrogen and oxygen atoms in total. The first kappa shape index (κ1) is 25.1. The van der Waals surface area contributed by atoms with E-state index in [1.165, 1.54) is 17.3 Å². The van der Waals surface area contributed by atoms with Crippen LogP contribution in [-0.2, 0) is 26.2 Å². The molecule has 0 heterocycles. The summed E-state index contributed by atoms with van der Waals surface area (Å²) in [5.74, 6) is -1.61. The molecular formula is C19H22F4N2O4S2. The minimum absolute atomic E-state index is 0.108.